The molecule has 9 nitrogen and oxygen atoms in total. The van der Waals surface area contributed by atoms with Gasteiger partial charge in [0.1, 0.15) is 11.4 Å². The lowest BCUT2D eigenvalue weighted by Crippen LogP contribution is -2.43. The molecule has 5 heterocycles. The van der Waals surface area contributed by atoms with Gasteiger partial charge in [-0.05, 0) is 54.4 Å². The topological polar surface area (TPSA) is 116 Å². The summed E-state index contributed by atoms with van der Waals surface area (Å²) in [7, 11) is 0. The van der Waals surface area contributed by atoms with Crippen molar-refractivity contribution in [1.82, 2.24) is 24.9 Å². The Labute approximate surface area is 237 Å². The molecule has 2 bridgehead atoms. The molecule has 0 spiro atoms. The second-order valence-electron chi connectivity index (χ2n) is 10.1. The molecule has 3 aromatic heterocycles. The fraction of sp³-hybridized carbons (Fsp3) is 0.200. The fourth-order valence-corrected chi connectivity index (χ4v) is 5.50. The molecule has 42 heavy (non-hydrogen) atoms. The first-order chi connectivity index (χ1) is 20.2. The van der Waals surface area contributed by atoms with Crippen molar-refractivity contribution in [2.45, 2.75) is 24.7 Å². The minimum Gasteiger partial charge on any atom is -0.508 e. The van der Waals surface area contributed by atoms with Crippen LogP contribution in [0.3, 0.4) is 0 Å². The molecule has 7 rings (SSSR count). The molecule has 2 fully saturated rings. The van der Waals surface area contributed by atoms with Crippen molar-refractivity contribution in [2.75, 3.05) is 18.0 Å². The van der Waals surface area contributed by atoms with Gasteiger partial charge in [-0.1, -0.05) is 24.3 Å². The average Bonchev–Trinajstić information content (AvgIpc) is 3.72. The number of benzene rings is 2. The predicted octanol–water partition coefficient (Wildman–Crippen LogP) is 5.01. The molecule has 214 valence electrons. The number of phenols is 1. The van der Waals surface area contributed by atoms with E-state index in [1.165, 1.54) is 12.1 Å². The van der Waals surface area contributed by atoms with E-state index in [1.54, 1.807) is 24.5 Å². The van der Waals surface area contributed by atoms with Crippen LogP contribution in [0, 0.1) is 0 Å². The molecule has 0 amide bonds. The zero-order chi connectivity index (χ0) is 29.4. The number of anilines is 1. The number of pyridine rings is 1. The summed E-state index contributed by atoms with van der Waals surface area (Å²) in [5.74, 6) is -2.55. The number of aromatic hydroxyl groups is 1. The molecule has 0 saturated carbocycles. The van der Waals surface area contributed by atoms with Crippen LogP contribution in [0.15, 0.2) is 85.3 Å². The van der Waals surface area contributed by atoms with Crippen molar-refractivity contribution in [2.24, 2.45) is 0 Å². The van der Waals surface area contributed by atoms with Crippen LogP contribution in [0.5, 0.6) is 5.75 Å². The highest BCUT2D eigenvalue weighted by atomic mass is 19.4. The summed E-state index contributed by atoms with van der Waals surface area (Å²) in [5, 5.41) is 25.9. The maximum Gasteiger partial charge on any atom is 0.490 e. The Morgan fingerprint density at radius 2 is 1.69 bits per heavy atom. The maximum atomic E-state index is 10.6. The van der Waals surface area contributed by atoms with E-state index < -0.39 is 12.1 Å². The van der Waals surface area contributed by atoms with Crippen molar-refractivity contribution in [3.05, 3.63) is 85.3 Å². The lowest BCUT2D eigenvalue weighted by molar-refractivity contribution is -0.192. The molecule has 0 radical (unpaired) electrons. The van der Waals surface area contributed by atoms with E-state index >= 15 is 0 Å². The number of hydrogen-bond acceptors (Lipinski definition) is 7. The minimum atomic E-state index is -5.08. The first-order valence-corrected chi connectivity index (χ1v) is 13.2. The molecule has 12 heteroatoms. The third kappa shape index (κ3) is 5.23. The third-order valence-electron chi connectivity index (χ3n) is 7.40. The second kappa shape index (κ2) is 10.8. The number of rotatable bonds is 4. The lowest BCUT2D eigenvalue weighted by Gasteiger charge is -2.29. The summed E-state index contributed by atoms with van der Waals surface area (Å²) in [5.41, 5.74) is 7.55. The Bertz CT molecular complexity index is 1740. The first-order valence-electron chi connectivity index (χ1n) is 13.2. The van der Waals surface area contributed by atoms with Crippen LogP contribution in [-0.4, -0.2) is 67.1 Å². The summed E-state index contributed by atoms with van der Waals surface area (Å²) >= 11 is 0. The van der Waals surface area contributed by atoms with Crippen LogP contribution in [0.4, 0.5) is 18.9 Å². The largest absolute Gasteiger partial charge is 0.508 e. The van der Waals surface area contributed by atoms with Gasteiger partial charge in [-0.25, -0.2) is 14.3 Å². The monoisotopic (exact) mass is 574 g/mol. The number of aliphatic carboxylic acids is 1. The minimum absolute atomic E-state index is 0.208. The van der Waals surface area contributed by atoms with E-state index in [0.29, 0.717) is 12.1 Å². The van der Waals surface area contributed by atoms with E-state index in [2.05, 4.69) is 39.5 Å². The number of halogens is 3. The van der Waals surface area contributed by atoms with Gasteiger partial charge >= 0.3 is 12.1 Å². The Hall–Kier alpha value is -4.97. The third-order valence-corrected chi connectivity index (χ3v) is 7.40. The van der Waals surface area contributed by atoms with Gasteiger partial charge in [0.25, 0.3) is 0 Å². The number of carboxylic acids is 1. The summed E-state index contributed by atoms with van der Waals surface area (Å²) in [4.78, 5) is 20.3. The molecule has 2 aromatic carbocycles. The molecule has 2 aliphatic rings. The fourth-order valence-electron chi connectivity index (χ4n) is 5.50. The molecule has 2 saturated heterocycles. The Morgan fingerprint density at radius 3 is 2.31 bits per heavy atom. The van der Waals surface area contributed by atoms with Gasteiger partial charge in [0, 0.05) is 60.6 Å². The normalized spacial score (nSPS) is 17.7. The van der Waals surface area contributed by atoms with Crippen molar-refractivity contribution in [3.8, 4) is 39.4 Å². The molecule has 0 aliphatic carbocycles. The van der Waals surface area contributed by atoms with Crippen LogP contribution in [0.2, 0.25) is 0 Å². The van der Waals surface area contributed by atoms with Gasteiger partial charge in [0.15, 0.2) is 5.65 Å². The summed E-state index contributed by atoms with van der Waals surface area (Å²) in [6.07, 6.45) is 1.50. The number of nitrogens with zero attached hydrogens (tertiary/aromatic N) is 5. The quantitative estimate of drug-likeness (QED) is 0.274. The molecule has 3 N–H and O–H groups in total. The highest BCUT2D eigenvalue weighted by Gasteiger charge is 2.38. The smallest absolute Gasteiger partial charge is 0.490 e. The average molecular weight is 575 g/mol. The number of fused-ring (bicyclic) bond motifs is 3. The van der Waals surface area contributed by atoms with E-state index in [4.69, 9.17) is 20.0 Å². The van der Waals surface area contributed by atoms with E-state index in [9.17, 15) is 18.3 Å². The highest BCUT2D eigenvalue weighted by Crippen LogP contribution is 2.37. The zero-order valence-corrected chi connectivity index (χ0v) is 22.0. The van der Waals surface area contributed by atoms with Crippen molar-refractivity contribution < 1.29 is 28.2 Å². The number of phenolic OH excluding ortho intramolecular Hbond substituents is 1. The number of carboxylic acid groups (broad SMARTS) is 1. The number of carbonyl (C=O) groups is 1. The first kappa shape index (κ1) is 27.2. The van der Waals surface area contributed by atoms with Crippen LogP contribution in [-0.2, 0) is 4.79 Å². The van der Waals surface area contributed by atoms with E-state index in [-0.39, 0.29) is 5.75 Å². The van der Waals surface area contributed by atoms with Gasteiger partial charge in [0.05, 0.1) is 11.3 Å². The van der Waals surface area contributed by atoms with Gasteiger partial charge in [-0.3, -0.25) is 4.98 Å². The van der Waals surface area contributed by atoms with Crippen LogP contribution < -0.4 is 10.2 Å². The summed E-state index contributed by atoms with van der Waals surface area (Å²) in [6.45, 7) is 2.14. The van der Waals surface area contributed by atoms with Crippen molar-refractivity contribution >= 4 is 17.3 Å². The second-order valence-corrected chi connectivity index (χ2v) is 10.1. The summed E-state index contributed by atoms with van der Waals surface area (Å²) < 4.78 is 33.6. The van der Waals surface area contributed by atoms with E-state index in [1.807, 2.05) is 41.0 Å². The Kier molecular flexibility index (Phi) is 6.99. The molecular weight excluding hydrogens is 549 g/mol. The maximum absolute atomic E-state index is 10.6. The Morgan fingerprint density at radius 1 is 0.952 bits per heavy atom. The summed E-state index contributed by atoms with van der Waals surface area (Å²) in [6, 6.07) is 23.1. The number of piperazine rings is 1. The van der Waals surface area contributed by atoms with Gasteiger partial charge < -0.3 is 20.4 Å². The molecule has 5 aromatic rings. The molecular formula is C30H25F3N6O3. The van der Waals surface area contributed by atoms with Gasteiger partial charge in [-0.15, -0.1) is 0 Å². The van der Waals surface area contributed by atoms with E-state index in [0.717, 1.165) is 52.4 Å². The molecule has 2 aliphatic heterocycles. The number of alkyl halides is 3. The van der Waals surface area contributed by atoms with Crippen molar-refractivity contribution in [1.29, 1.82) is 0 Å². The SMILES string of the molecule is O=C(O)C(F)(F)F.Oc1cccc(-c2c(-c3ccncc3)nn3c(-c4ccc(N5C[C@@H]6C[C@H]5CN6)cc4)ccnc23)c1. The van der Waals surface area contributed by atoms with Crippen LogP contribution >= 0.6 is 0 Å². The van der Waals surface area contributed by atoms with Crippen LogP contribution in [0.1, 0.15) is 6.42 Å². The van der Waals surface area contributed by atoms with Crippen molar-refractivity contribution in [3.63, 3.8) is 0 Å². The lowest BCUT2D eigenvalue weighted by atomic mass is 10.0. The highest BCUT2D eigenvalue weighted by molar-refractivity contribution is 5.91. The molecule has 2 atom stereocenters. The number of hydrogen-bond donors (Lipinski definition) is 3. The molecule has 0 unspecified atom stereocenters. The van der Waals surface area contributed by atoms with Gasteiger partial charge in [0.2, 0.25) is 0 Å². The van der Waals surface area contributed by atoms with Gasteiger partial charge in [-0.2, -0.15) is 18.3 Å². The number of nitrogens with one attached hydrogen (secondary N) is 1. The number of aromatic nitrogens is 4. The predicted molar refractivity (Wildman–Crippen MR) is 150 cm³/mol. The Balaban J connectivity index is 0.000000405. The van der Waals surface area contributed by atoms with Crippen LogP contribution in [0.25, 0.3) is 39.3 Å². The standard InChI is InChI=1S/C28H24N6O.C2HF3O2/c35-24-3-1-2-20(14-24)26-27(19-8-11-29-12-9-19)32-34-25(10-13-30-28(26)34)18-4-6-22(7-5-18)33-17-21-15-23(33)16-31-21;3-2(4,5)1(6)7/h1-14,21,23,31,35H,15-17H2;(H,6,7)/t21-,23-;/m0./s1. The zero-order valence-electron chi connectivity index (χ0n) is 22.0.